The number of carbonyl (C=O) groups is 1. The topological polar surface area (TPSA) is 92.7 Å². The average molecular weight is 428 g/mol. The number of methoxy groups -OCH3 is 3. The van der Waals surface area contributed by atoms with Gasteiger partial charge in [0.15, 0.2) is 23.0 Å². The molecule has 0 bridgehead atoms. The van der Waals surface area contributed by atoms with E-state index < -0.39 is 12.0 Å². The molecule has 2 aliphatic heterocycles. The lowest BCUT2D eigenvalue weighted by atomic mass is 9.66. The molecule has 4 atom stereocenters. The van der Waals surface area contributed by atoms with Gasteiger partial charge in [-0.15, -0.1) is 0 Å². The Morgan fingerprint density at radius 3 is 2.06 bits per heavy atom. The highest BCUT2D eigenvalue weighted by molar-refractivity contribution is 5.79. The van der Waals surface area contributed by atoms with Crippen molar-refractivity contribution in [3.63, 3.8) is 0 Å². The van der Waals surface area contributed by atoms with Crippen molar-refractivity contribution in [1.29, 1.82) is 0 Å². The first-order valence-corrected chi connectivity index (χ1v) is 10.2. The van der Waals surface area contributed by atoms with E-state index in [0.29, 0.717) is 47.5 Å². The van der Waals surface area contributed by atoms with E-state index in [-0.39, 0.29) is 24.4 Å². The van der Waals surface area contributed by atoms with Gasteiger partial charge in [-0.05, 0) is 41.0 Å². The van der Waals surface area contributed by atoms with E-state index >= 15 is 0 Å². The molecule has 31 heavy (non-hydrogen) atoms. The predicted octanol–water partition coefficient (Wildman–Crippen LogP) is 2.45. The number of rotatable bonds is 4. The Morgan fingerprint density at radius 2 is 1.48 bits per heavy atom. The minimum atomic E-state index is -0.847. The molecule has 0 spiro atoms. The average Bonchev–Trinajstić information content (AvgIpc) is 3.19. The Balaban J connectivity index is 1.74. The maximum absolute atomic E-state index is 12.8. The van der Waals surface area contributed by atoms with Crippen molar-refractivity contribution >= 4 is 5.97 Å². The first kappa shape index (κ1) is 19.8. The number of cyclic esters (lactones) is 1. The molecule has 2 heterocycles. The van der Waals surface area contributed by atoms with Crippen LogP contribution in [0.15, 0.2) is 24.3 Å². The monoisotopic (exact) mass is 428 g/mol. The maximum atomic E-state index is 12.8. The van der Waals surface area contributed by atoms with Gasteiger partial charge in [0, 0.05) is 11.8 Å². The molecule has 2 aromatic rings. The molecule has 8 heteroatoms. The molecule has 8 nitrogen and oxygen atoms in total. The molecule has 1 saturated heterocycles. The summed E-state index contributed by atoms with van der Waals surface area (Å²) in [7, 11) is 4.64. The molecule has 0 amide bonds. The molecule has 0 unspecified atom stereocenters. The molecule has 2 aromatic carbocycles. The Morgan fingerprint density at radius 1 is 0.871 bits per heavy atom. The number of carbonyl (C=O) groups excluding carboxylic acids is 1. The first-order valence-electron chi connectivity index (χ1n) is 10.2. The van der Waals surface area contributed by atoms with Crippen LogP contribution in [0.3, 0.4) is 0 Å². The summed E-state index contributed by atoms with van der Waals surface area (Å²) in [6, 6.07) is 7.36. The summed E-state index contributed by atoms with van der Waals surface area (Å²) in [5, 5.41) is 11.1. The maximum Gasteiger partial charge on any atom is 0.310 e. The number of esters is 1. The van der Waals surface area contributed by atoms with Crippen molar-refractivity contribution in [3.05, 3.63) is 41.0 Å². The third-order valence-electron chi connectivity index (χ3n) is 6.36. The molecule has 0 saturated carbocycles. The second kappa shape index (κ2) is 7.53. The molecule has 1 fully saturated rings. The van der Waals surface area contributed by atoms with Crippen molar-refractivity contribution in [3.8, 4) is 28.7 Å². The smallest absolute Gasteiger partial charge is 0.310 e. The highest BCUT2D eigenvalue weighted by Gasteiger charge is 2.52. The number of aliphatic hydroxyl groups is 1. The third-order valence-corrected chi connectivity index (χ3v) is 6.36. The largest absolute Gasteiger partial charge is 0.493 e. The lowest BCUT2D eigenvalue weighted by Gasteiger charge is -2.37. The van der Waals surface area contributed by atoms with Gasteiger partial charge >= 0.3 is 5.97 Å². The van der Waals surface area contributed by atoms with Crippen LogP contribution in [-0.2, 0) is 9.53 Å². The van der Waals surface area contributed by atoms with E-state index in [4.69, 9.17) is 28.4 Å². The summed E-state index contributed by atoms with van der Waals surface area (Å²) in [5.74, 6) is 1.01. The van der Waals surface area contributed by atoms with Crippen LogP contribution in [0.4, 0.5) is 0 Å². The molecule has 5 rings (SSSR count). The fraction of sp³-hybridized carbons (Fsp3) is 0.435. The van der Waals surface area contributed by atoms with Gasteiger partial charge in [0.1, 0.15) is 13.2 Å². The van der Waals surface area contributed by atoms with Crippen molar-refractivity contribution in [1.82, 2.24) is 0 Å². The molecule has 0 aromatic heterocycles. The highest BCUT2D eigenvalue weighted by Crippen LogP contribution is 2.55. The van der Waals surface area contributed by atoms with Gasteiger partial charge in [-0.25, -0.2) is 0 Å². The SMILES string of the molecule is COc1cc([C@H]2c3cc4c(cc3[C@H](O)[C@@H]3COC(=O)[C@@H]23)OCCO4)cc(OC)c1OC. The molecule has 1 N–H and O–H groups in total. The number of benzene rings is 2. The van der Waals surface area contributed by atoms with Crippen molar-refractivity contribution in [2.24, 2.45) is 11.8 Å². The third kappa shape index (κ3) is 2.96. The van der Waals surface area contributed by atoms with E-state index in [9.17, 15) is 9.90 Å². The zero-order chi connectivity index (χ0) is 21.7. The number of hydrogen-bond acceptors (Lipinski definition) is 8. The second-order valence-electron chi connectivity index (χ2n) is 7.83. The van der Waals surface area contributed by atoms with Gasteiger partial charge < -0.3 is 33.5 Å². The van der Waals surface area contributed by atoms with Crippen molar-refractivity contribution in [2.75, 3.05) is 41.2 Å². The summed E-state index contributed by atoms with van der Waals surface area (Å²) >= 11 is 0. The molecular formula is C23H24O8. The van der Waals surface area contributed by atoms with Crippen LogP contribution in [0, 0.1) is 11.8 Å². The van der Waals surface area contributed by atoms with Gasteiger partial charge in [-0.3, -0.25) is 4.79 Å². The van der Waals surface area contributed by atoms with Crippen LogP contribution in [0.1, 0.15) is 28.7 Å². The minimum Gasteiger partial charge on any atom is -0.493 e. The number of aliphatic hydroxyl groups excluding tert-OH is 1. The van der Waals surface area contributed by atoms with Gasteiger partial charge in [0.2, 0.25) is 5.75 Å². The highest BCUT2D eigenvalue weighted by atomic mass is 16.6. The van der Waals surface area contributed by atoms with Crippen LogP contribution in [-0.4, -0.2) is 52.2 Å². The standard InChI is InChI=1S/C23H24O8/c1-26-17-6-11(7-18(27-2)22(17)28-3)19-12-8-15-16(30-5-4-29-15)9-13(12)21(24)14-10-31-23(25)20(14)19/h6-9,14,19-21,24H,4-5,10H2,1-3H3/t14-,19+,20-,21+/m1/s1. The fourth-order valence-electron chi connectivity index (χ4n) is 4.96. The molecule has 3 aliphatic rings. The number of fused-ring (bicyclic) bond motifs is 3. The van der Waals surface area contributed by atoms with Gasteiger partial charge in [0.05, 0.1) is 40.0 Å². The van der Waals surface area contributed by atoms with Crippen LogP contribution in [0.2, 0.25) is 0 Å². The van der Waals surface area contributed by atoms with Crippen molar-refractivity contribution < 1.29 is 38.3 Å². The summed E-state index contributed by atoms with van der Waals surface area (Å²) in [5.41, 5.74) is 2.31. The van der Waals surface area contributed by atoms with Gasteiger partial charge in [0.25, 0.3) is 0 Å². The Bertz CT molecular complexity index is 1010. The Hall–Kier alpha value is -3.13. The van der Waals surface area contributed by atoms with E-state index in [1.807, 2.05) is 24.3 Å². The fourth-order valence-corrected chi connectivity index (χ4v) is 4.96. The summed E-state index contributed by atoms with van der Waals surface area (Å²) in [4.78, 5) is 12.8. The van der Waals surface area contributed by atoms with E-state index in [1.165, 1.54) is 0 Å². The van der Waals surface area contributed by atoms with E-state index in [0.717, 1.165) is 11.1 Å². The van der Waals surface area contributed by atoms with Gasteiger partial charge in [-0.2, -0.15) is 0 Å². The second-order valence-corrected chi connectivity index (χ2v) is 7.83. The number of ether oxygens (including phenoxy) is 6. The minimum absolute atomic E-state index is 0.166. The summed E-state index contributed by atoms with van der Waals surface area (Å²) < 4.78 is 33.4. The Labute approximate surface area is 179 Å². The molecule has 1 aliphatic carbocycles. The normalized spacial score (nSPS) is 25.9. The quantitative estimate of drug-likeness (QED) is 0.743. The lowest BCUT2D eigenvalue weighted by Crippen LogP contribution is -2.35. The zero-order valence-electron chi connectivity index (χ0n) is 17.5. The molecule has 0 radical (unpaired) electrons. The van der Waals surface area contributed by atoms with Crippen LogP contribution in [0.5, 0.6) is 28.7 Å². The summed E-state index contributed by atoms with van der Waals surface area (Å²) in [6.45, 7) is 1.06. The van der Waals surface area contributed by atoms with Gasteiger partial charge in [-0.1, -0.05) is 0 Å². The van der Waals surface area contributed by atoms with Crippen LogP contribution in [0.25, 0.3) is 0 Å². The van der Waals surface area contributed by atoms with Crippen molar-refractivity contribution in [2.45, 2.75) is 12.0 Å². The van der Waals surface area contributed by atoms with E-state index in [2.05, 4.69) is 0 Å². The Kier molecular flexibility index (Phi) is 4.81. The predicted molar refractivity (Wildman–Crippen MR) is 108 cm³/mol. The zero-order valence-corrected chi connectivity index (χ0v) is 17.5. The first-order chi connectivity index (χ1) is 15.1. The number of hydrogen-bond donors (Lipinski definition) is 1. The molecular weight excluding hydrogens is 404 g/mol. The summed E-state index contributed by atoms with van der Waals surface area (Å²) in [6.07, 6.45) is -0.847. The molecule has 164 valence electrons. The van der Waals surface area contributed by atoms with Crippen LogP contribution >= 0.6 is 0 Å². The van der Waals surface area contributed by atoms with Crippen LogP contribution < -0.4 is 23.7 Å². The van der Waals surface area contributed by atoms with E-state index in [1.54, 1.807) is 21.3 Å². The lowest BCUT2D eigenvalue weighted by molar-refractivity contribution is -0.141.